The molecule has 0 radical (unpaired) electrons. The second kappa shape index (κ2) is 3.76. The molecule has 1 heterocycles. The molecule has 2 unspecified atom stereocenters. The van der Waals surface area contributed by atoms with Crippen molar-refractivity contribution in [3.63, 3.8) is 0 Å². The number of ether oxygens (including phenoxy) is 1. The molecule has 74 valence electrons. The van der Waals surface area contributed by atoms with Gasteiger partial charge in [-0.15, -0.1) is 0 Å². The van der Waals surface area contributed by atoms with E-state index in [2.05, 4.69) is 16.2 Å². The molecular weight excluding hydrogens is 182 g/mol. The normalized spacial score (nSPS) is 24.6. The zero-order valence-corrected chi connectivity index (χ0v) is 7.93. The van der Waals surface area contributed by atoms with Gasteiger partial charge in [0.15, 0.2) is 5.82 Å². The van der Waals surface area contributed by atoms with Gasteiger partial charge in [0, 0.05) is 13.5 Å². The van der Waals surface area contributed by atoms with Gasteiger partial charge in [0.1, 0.15) is 0 Å². The highest BCUT2D eigenvalue weighted by Gasteiger charge is 2.43. The molecule has 2 atom stereocenters. The number of methoxy groups -OCH3 is 1. The highest BCUT2D eigenvalue weighted by molar-refractivity contribution is 5.15. The first-order valence-electron chi connectivity index (χ1n) is 4.56. The highest BCUT2D eigenvalue weighted by Crippen LogP contribution is 2.45. The number of rotatable bonds is 4. The Morgan fingerprint density at radius 3 is 3.21 bits per heavy atom. The van der Waals surface area contributed by atoms with Crippen LogP contribution in [0.5, 0.6) is 0 Å². The van der Waals surface area contributed by atoms with E-state index < -0.39 is 0 Å². The van der Waals surface area contributed by atoms with Gasteiger partial charge in [-0.3, -0.25) is 0 Å². The number of aromatic nitrogens is 2. The lowest BCUT2D eigenvalue weighted by Crippen LogP contribution is -1.96. The Bertz CT molecular complexity index is 355. The van der Waals surface area contributed by atoms with Gasteiger partial charge in [-0.1, -0.05) is 5.16 Å². The lowest BCUT2D eigenvalue weighted by atomic mass is 10.3. The molecule has 0 aliphatic heterocycles. The van der Waals surface area contributed by atoms with Crippen LogP contribution < -0.4 is 0 Å². The van der Waals surface area contributed by atoms with E-state index in [-0.39, 0.29) is 11.8 Å². The van der Waals surface area contributed by atoms with Crippen LogP contribution in [0.4, 0.5) is 0 Å². The molecule has 1 aliphatic carbocycles. The minimum Gasteiger partial charge on any atom is -0.384 e. The Kier molecular flexibility index (Phi) is 2.46. The van der Waals surface area contributed by atoms with Gasteiger partial charge < -0.3 is 9.26 Å². The maximum atomic E-state index is 8.63. The summed E-state index contributed by atoms with van der Waals surface area (Å²) in [6.45, 7) is 0.589. The van der Waals surface area contributed by atoms with Crippen LogP contribution in [0.25, 0.3) is 0 Å². The third kappa shape index (κ3) is 1.75. The monoisotopic (exact) mass is 193 g/mol. The Morgan fingerprint density at radius 1 is 1.71 bits per heavy atom. The summed E-state index contributed by atoms with van der Waals surface area (Å²) in [5.41, 5.74) is 0. The largest absolute Gasteiger partial charge is 0.384 e. The molecule has 1 aromatic heterocycles. The summed E-state index contributed by atoms with van der Waals surface area (Å²) in [7, 11) is 1.63. The lowest BCUT2D eigenvalue weighted by Gasteiger charge is -1.90. The summed E-state index contributed by atoms with van der Waals surface area (Å²) in [5, 5.41) is 12.4. The van der Waals surface area contributed by atoms with Crippen LogP contribution in [-0.2, 0) is 11.2 Å². The predicted molar refractivity (Wildman–Crippen MR) is 46.3 cm³/mol. The van der Waals surface area contributed by atoms with Crippen LogP contribution in [0.3, 0.4) is 0 Å². The predicted octanol–water partition coefficient (Wildman–Crippen LogP) is 0.886. The van der Waals surface area contributed by atoms with Gasteiger partial charge in [-0.05, 0) is 6.42 Å². The van der Waals surface area contributed by atoms with Gasteiger partial charge in [-0.2, -0.15) is 10.2 Å². The van der Waals surface area contributed by atoms with Crippen molar-refractivity contribution in [2.45, 2.75) is 18.8 Å². The molecule has 1 fully saturated rings. The zero-order chi connectivity index (χ0) is 9.97. The van der Waals surface area contributed by atoms with E-state index in [1.807, 2.05) is 0 Å². The molecule has 0 aromatic carbocycles. The molecule has 0 N–H and O–H groups in total. The maximum Gasteiger partial charge on any atom is 0.231 e. The van der Waals surface area contributed by atoms with E-state index in [4.69, 9.17) is 14.5 Å². The summed E-state index contributed by atoms with van der Waals surface area (Å²) < 4.78 is 9.95. The number of hydrogen-bond donors (Lipinski definition) is 0. The molecule has 1 aliphatic rings. The van der Waals surface area contributed by atoms with Crippen molar-refractivity contribution in [2.24, 2.45) is 5.92 Å². The van der Waals surface area contributed by atoms with E-state index in [9.17, 15) is 0 Å². The number of hydrogen-bond acceptors (Lipinski definition) is 5. The summed E-state index contributed by atoms with van der Waals surface area (Å²) in [6.07, 6.45) is 1.51. The number of nitrogens with zero attached hydrogens (tertiary/aromatic N) is 3. The Morgan fingerprint density at radius 2 is 2.57 bits per heavy atom. The SMILES string of the molecule is COCCc1noc(C2CC2C#N)n1. The van der Waals surface area contributed by atoms with Crippen molar-refractivity contribution < 1.29 is 9.26 Å². The Hall–Kier alpha value is -1.41. The first-order valence-corrected chi connectivity index (χ1v) is 4.56. The summed E-state index contributed by atoms with van der Waals surface area (Å²) in [6, 6.07) is 2.19. The van der Waals surface area contributed by atoms with Gasteiger partial charge >= 0.3 is 0 Å². The first-order chi connectivity index (χ1) is 6.85. The van der Waals surface area contributed by atoms with E-state index in [0.717, 1.165) is 6.42 Å². The second-order valence-electron chi connectivity index (χ2n) is 3.37. The van der Waals surface area contributed by atoms with Gasteiger partial charge in [0.05, 0.1) is 24.5 Å². The van der Waals surface area contributed by atoms with Crippen LogP contribution in [0.15, 0.2) is 4.52 Å². The van der Waals surface area contributed by atoms with Crippen LogP contribution in [0.2, 0.25) is 0 Å². The van der Waals surface area contributed by atoms with Gasteiger partial charge in [0.2, 0.25) is 5.89 Å². The average Bonchev–Trinajstić information content (AvgIpc) is 2.86. The fourth-order valence-electron chi connectivity index (χ4n) is 1.32. The van der Waals surface area contributed by atoms with Crippen molar-refractivity contribution in [1.82, 2.24) is 10.1 Å². The lowest BCUT2D eigenvalue weighted by molar-refractivity contribution is 0.199. The fraction of sp³-hybridized carbons (Fsp3) is 0.667. The maximum absolute atomic E-state index is 8.63. The molecule has 14 heavy (non-hydrogen) atoms. The fourth-order valence-corrected chi connectivity index (χ4v) is 1.32. The molecule has 0 saturated heterocycles. The highest BCUT2D eigenvalue weighted by atomic mass is 16.5. The number of nitriles is 1. The molecule has 5 heteroatoms. The van der Waals surface area contributed by atoms with E-state index in [1.165, 1.54) is 0 Å². The van der Waals surface area contributed by atoms with Crippen LogP contribution >= 0.6 is 0 Å². The topological polar surface area (TPSA) is 71.9 Å². The van der Waals surface area contributed by atoms with Crippen molar-refractivity contribution in [3.05, 3.63) is 11.7 Å². The standard InChI is InChI=1S/C9H11N3O2/c1-13-3-2-8-11-9(14-12-8)7-4-6(7)5-10/h6-7H,2-4H2,1H3. The third-order valence-electron chi connectivity index (χ3n) is 2.29. The summed E-state index contributed by atoms with van der Waals surface area (Å²) >= 11 is 0. The molecule has 1 aromatic rings. The molecule has 0 spiro atoms. The van der Waals surface area contributed by atoms with Crippen LogP contribution in [-0.4, -0.2) is 23.9 Å². The molecule has 0 amide bonds. The van der Waals surface area contributed by atoms with Gasteiger partial charge in [-0.25, -0.2) is 0 Å². The quantitative estimate of drug-likeness (QED) is 0.709. The van der Waals surface area contributed by atoms with Crippen molar-refractivity contribution in [1.29, 1.82) is 5.26 Å². The molecule has 1 saturated carbocycles. The Labute approximate surface area is 81.7 Å². The van der Waals surface area contributed by atoms with E-state index in [0.29, 0.717) is 24.7 Å². The second-order valence-corrected chi connectivity index (χ2v) is 3.37. The first kappa shape index (κ1) is 9.16. The molecule has 5 nitrogen and oxygen atoms in total. The van der Waals surface area contributed by atoms with Crippen molar-refractivity contribution >= 4 is 0 Å². The average molecular weight is 193 g/mol. The van der Waals surface area contributed by atoms with Crippen molar-refractivity contribution in [2.75, 3.05) is 13.7 Å². The minimum atomic E-state index is 0.0747. The zero-order valence-electron chi connectivity index (χ0n) is 7.93. The van der Waals surface area contributed by atoms with Crippen LogP contribution in [0.1, 0.15) is 24.1 Å². The summed E-state index contributed by atoms with van der Waals surface area (Å²) in [5.74, 6) is 1.50. The van der Waals surface area contributed by atoms with Crippen LogP contribution in [0, 0.1) is 17.2 Å². The molecular formula is C9H11N3O2. The Balaban J connectivity index is 1.94. The smallest absolute Gasteiger partial charge is 0.231 e. The molecule has 0 bridgehead atoms. The van der Waals surface area contributed by atoms with E-state index in [1.54, 1.807) is 7.11 Å². The van der Waals surface area contributed by atoms with E-state index >= 15 is 0 Å². The third-order valence-corrected chi connectivity index (χ3v) is 2.29. The molecule has 2 rings (SSSR count). The minimum absolute atomic E-state index is 0.0747. The van der Waals surface area contributed by atoms with Gasteiger partial charge in [0.25, 0.3) is 0 Å². The van der Waals surface area contributed by atoms with Crippen molar-refractivity contribution in [3.8, 4) is 6.07 Å². The summed E-state index contributed by atoms with van der Waals surface area (Å²) in [4.78, 5) is 4.20.